The van der Waals surface area contributed by atoms with Crippen LogP contribution in [0, 0.1) is 6.92 Å². The van der Waals surface area contributed by atoms with E-state index in [-0.39, 0.29) is 11.4 Å². The Balaban J connectivity index is 1.43. The first-order chi connectivity index (χ1) is 14.0. The maximum atomic E-state index is 12.9. The molecule has 1 fully saturated rings. The number of aryl methyl sites for hydroxylation is 1. The van der Waals surface area contributed by atoms with E-state index in [0.717, 1.165) is 49.3 Å². The molecule has 154 valence electrons. The van der Waals surface area contributed by atoms with Crippen LogP contribution in [0.15, 0.2) is 42.5 Å². The largest absolute Gasteiger partial charge is 0.486 e. The summed E-state index contributed by atoms with van der Waals surface area (Å²) in [7, 11) is 1.99. The molecule has 0 bridgehead atoms. The molecule has 2 aromatic carbocycles. The Bertz CT molecular complexity index is 857. The van der Waals surface area contributed by atoms with Crippen LogP contribution in [0.5, 0.6) is 11.5 Å². The smallest absolute Gasteiger partial charge is 0.234 e. The monoisotopic (exact) mass is 394 g/mol. The Hall–Kier alpha value is -2.53. The van der Waals surface area contributed by atoms with E-state index in [4.69, 9.17) is 9.47 Å². The van der Waals surface area contributed by atoms with Gasteiger partial charge in [-0.2, -0.15) is 0 Å². The van der Waals surface area contributed by atoms with Gasteiger partial charge in [-0.3, -0.25) is 9.69 Å². The summed E-state index contributed by atoms with van der Waals surface area (Å²) in [6.07, 6.45) is 4.15. The lowest BCUT2D eigenvalue weighted by atomic mass is 9.87. The van der Waals surface area contributed by atoms with Crippen molar-refractivity contribution in [1.29, 1.82) is 0 Å². The van der Waals surface area contributed by atoms with Gasteiger partial charge in [-0.25, -0.2) is 0 Å². The SMILES string of the molecule is Cc1ccc(CN(C)CC(=O)NC2(c3ccc4c(c3)OCCO4)CCCC2)cc1. The van der Waals surface area contributed by atoms with Crippen LogP contribution in [0.4, 0.5) is 0 Å². The lowest BCUT2D eigenvalue weighted by Gasteiger charge is -2.33. The summed E-state index contributed by atoms with van der Waals surface area (Å²) in [4.78, 5) is 15.0. The van der Waals surface area contributed by atoms with E-state index < -0.39 is 0 Å². The number of rotatable bonds is 6. The van der Waals surface area contributed by atoms with Crippen molar-refractivity contribution in [2.75, 3.05) is 26.8 Å². The molecule has 1 saturated carbocycles. The van der Waals surface area contributed by atoms with Crippen LogP contribution in [0.25, 0.3) is 0 Å². The van der Waals surface area contributed by atoms with Crippen molar-refractivity contribution in [2.24, 2.45) is 0 Å². The summed E-state index contributed by atoms with van der Waals surface area (Å²) < 4.78 is 11.4. The molecule has 1 N–H and O–H groups in total. The zero-order chi connectivity index (χ0) is 20.3. The highest BCUT2D eigenvalue weighted by Crippen LogP contribution is 2.42. The second kappa shape index (κ2) is 8.46. The maximum absolute atomic E-state index is 12.9. The fourth-order valence-electron chi connectivity index (χ4n) is 4.42. The highest BCUT2D eigenvalue weighted by Gasteiger charge is 2.38. The Morgan fingerprint density at radius 2 is 1.72 bits per heavy atom. The predicted molar refractivity (Wildman–Crippen MR) is 113 cm³/mol. The van der Waals surface area contributed by atoms with Crippen LogP contribution >= 0.6 is 0 Å². The van der Waals surface area contributed by atoms with E-state index >= 15 is 0 Å². The number of carbonyl (C=O) groups excluding carboxylic acids is 1. The zero-order valence-electron chi connectivity index (χ0n) is 17.4. The van der Waals surface area contributed by atoms with E-state index in [1.807, 2.05) is 13.1 Å². The molecule has 29 heavy (non-hydrogen) atoms. The molecule has 5 heteroatoms. The summed E-state index contributed by atoms with van der Waals surface area (Å²) in [5.74, 6) is 1.64. The fraction of sp³-hybridized carbons (Fsp3) is 0.458. The fourth-order valence-corrected chi connectivity index (χ4v) is 4.42. The molecule has 0 aromatic heterocycles. The molecule has 1 aliphatic heterocycles. The number of benzene rings is 2. The number of hydrogen-bond donors (Lipinski definition) is 1. The van der Waals surface area contributed by atoms with Crippen LogP contribution in [-0.4, -0.2) is 37.6 Å². The number of nitrogens with zero attached hydrogens (tertiary/aromatic N) is 1. The molecule has 0 saturated heterocycles. The standard InChI is InChI=1S/C24H30N2O3/c1-18-5-7-19(8-6-18)16-26(2)17-23(27)25-24(11-3-4-12-24)20-9-10-21-22(15-20)29-14-13-28-21/h5-10,15H,3-4,11-14,16-17H2,1-2H3,(H,25,27). The minimum Gasteiger partial charge on any atom is -0.486 e. The Morgan fingerprint density at radius 1 is 1.03 bits per heavy atom. The van der Waals surface area contributed by atoms with Gasteiger partial charge >= 0.3 is 0 Å². The van der Waals surface area contributed by atoms with Crippen molar-refractivity contribution >= 4 is 5.91 Å². The third-order valence-electron chi connectivity index (χ3n) is 5.92. The molecule has 1 amide bonds. The lowest BCUT2D eigenvalue weighted by Crippen LogP contribution is -2.47. The number of likely N-dealkylation sites (N-methyl/N-ethyl adjacent to an activating group) is 1. The van der Waals surface area contributed by atoms with Gasteiger partial charge in [-0.15, -0.1) is 0 Å². The molecule has 5 nitrogen and oxygen atoms in total. The maximum Gasteiger partial charge on any atom is 0.234 e. The molecule has 0 atom stereocenters. The number of amides is 1. The van der Waals surface area contributed by atoms with Crippen LogP contribution in [-0.2, 0) is 16.9 Å². The summed E-state index contributed by atoms with van der Waals surface area (Å²) in [6.45, 7) is 4.37. The third-order valence-corrected chi connectivity index (χ3v) is 5.92. The summed E-state index contributed by atoms with van der Waals surface area (Å²) >= 11 is 0. The van der Waals surface area contributed by atoms with Gasteiger partial charge in [-0.1, -0.05) is 48.7 Å². The number of ether oxygens (including phenoxy) is 2. The zero-order valence-corrected chi connectivity index (χ0v) is 17.4. The van der Waals surface area contributed by atoms with Crippen LogP contribution in [0.2, 0.25) is 0 Å². The second-order valence-electron chi connectivity index (χ2n) is 8.35. The van der Waals surface area contributed by atoms with Crippen molar-refractivity contribution in [3.8, 4) is 11.5 Å². The molecule has 0 radical (unpaired) electrons. The Labute approximate surface area is 173 Å². The van der Waals surface area contributed by atoms with Gasteiger partial charge in [0.2, 0.25) is 5.91 Å². The molecule has 1 heterocycles. The number of carbonyl (C=O) groups is 1. The van der Waals surface area contributed by atoms with Gasteiger partial charge in [-0.05, 0) is 50.1 Å². The summed E-state index contributed by atoms with van der Waals surface area (Å²) in [6, 6.07) is 14.6. The normalized spacial score (nSPS) is 17.3. The topological polar surface area (TPSA) is 50.8 Å². The third kappa shape index (κ3) is 4.56. The quantitative estimate of drug-likeness (QED) is 0.810. The highest BCUT2D eigenvalue weighted by atomic mass is 16.6. The van der Waals surface area contributed by atoms with Gasteiger partial charge in [0.1, 0.15) is 13.2 Å². The van der Waals surface area contributed by atoms with E-state index in [2.05, 4.69) is 53.5 Å². The Kier molecular flexibility index (Phi) is 5.76. The minimum absolute atomic E-state index is 0.0661. The number of nitrogens with one attached hydrogen (secondary N) is 1. The molecular weight excluding hydrogens is 364 g/mol. The van der Waals surface area contributed by atoms with E-state index in [1.165, 1.54) is 11.1 Å². The van der Waals surface area contributed by atoms with Gasteiger partial charge in [0.25, 0.3) is 0 Å². The lowest BCUT2D eigenvalue weighted by molar-refractivity contribution is -0.124. The van der Waals surface area contributed by atoms with Crippen molar-refractivity contribution in [3.05, 3.63) is 59.2 Å². The molecule has 0 unspecified atom stereocenters. The van der Waals surface area contributed by atoms with E-state index in [0.29, 0.717) is 19.8 Å². The number of hydrogen-bond acceptors (Lipinski definition) is 4. The highest BCUT2D eigenvalue weighted by molar-refractivity contribution is 5.79. The predicted octanol–water partition coefficient (Wildman–Crippen LogP) is 3.78. The van der Waals surface area contributed by atoms with Crippen molar-refractivity contribution < 1.29 is 14.3 Å². The van der Waals surface area contributed by atoms with Crippen LogP contribution in [0.3, 0.4) is 0 Å². The van der Waals surface area contributed by atoms with Gasteiger partial charge in [0.05, 0.1) is 12.1 Å². The first kappa shape index (κ1) is 19.8. The molecule has 2 aliphatic rings. The van der Waals surface area contributed by atoms with E-state index in [9.17, 15) is 4.79 Å². The first-order valence-corrected chi connectivity index (χ1v) is 10.5. The molecule has 1 aliphatic carbocycles. The van der Waals surface area contributed by atoms with Crippen molar-refractivity contribution in [3.63, 3.8) is 0 Å². The molecule has 2 aromatic rings. The van der Waals surface area contributed by atoms with Gasteiger partial charge in [0, 0.05) is 6.54 Å². The molecule has 0 spiro atoms. The average molecular weight is 395 g/mol. The molecular formula is C24H30N2O3. The van der Waals surface area contributed by atoms with Crippen LogP contribution in [0.1, 0.15) is 42.4 Å². The minimum atomic E-state index is -0.308. The van der Waals surface area contributed by atoms with Crippen molar-refractivity contribution in [2.45, 2.75) is 44.7 Å². The van der Waals surface area contributed by atoms with Gasteiger partial charge < -0.3 is 14.8 Å². The van der Waals surface area contributed by atoms with Crippen molar-refractivity contribution in [1.82, 2.24) is 10.2 Å². The van der Waals surface area contributed by atoms with Crippen LogP contribution < -0.4 is 14.8 Å². The average Bonchev–Trinajstić information content (AvgIpc) is 3.18. The second-order valence-corrected chi connectivity index (χ2v) is 8.35. The summed E-state index contributed by atoms with van der Waals surface area (Å²) in [5, 5.41) is 3.36. The first-order valence-electron chi connectivity index (χ1n) is 10.5. The Morgan fingerprint density at radius 3 is 2.45 bits per heavy atom. The molecule has 4 rings (SSSR count). The van der Waals surface area contributed by atoms with Gasteiger partial charge in [0.15, 0.2) is 11.5 Å². The van der Waals surface area contributed by atoms with E-state index in [1.54, 1.807) is 0 Å². The number of fused-ring (bicyclic) bond motifs is 1. The summed E-state index contributed by atoms with van der Waals surface area (Å²) in [5.41, 5.74) is 3.27.